The SMILES string of the molecule is CC(=O)N1CCc2c(c(-c3cccc4c3CN(c3cnn(C)c3)C4=O)nn2C2CCOCC2)C1.CC(=O)N1CCc2c(c(-c3cccn4cc(-c5ccc(N6CCCC6)cc5)nc34)nn2C2CCOCC2)C1.CC(=O)N1CCc2c(c(-c3cccn4cc(-c5cccc(C(F)(F)F)c5)nc34)nn2C2CCOCC2)C1.COc1ccc(N2Cc3c(cccc3-c3nn(C4CCOCC4)c4c3CN(C(C)=O)CC4)C2=O)cc1. The zero-order valence-corrected chi connectivity index (χ0v) is 82.5. The molecule has 11 aliphatic rings. The van der Waals surface area contributed by atoms with Crippen molar-refractivity contribution < 1.29 is 65.6 Å². The van der Waals surface area contributed by atoms with E-state index in [2.05, 4.69) is 94.1 Å². The number of methoxy groups -OCH3 is 1. The monoisotopic (exact) mass is 1970 g/mol. The molecular weight excluding hydrogens is 1850 g/mol. The third kappa shape index (κ3) is 18.7. The van der Waals surface area contributed by atoms with Gasteiger partial charge in [-0.3, -0.25) is 52.2 Å². The lowest BCUT2D eigenvalue weighted by atomic mass is 9.95. The van der Waals surface area contributed by atoms with Crippen LogP contribution >= 0.6 is 0 Å². The van der Waals surface area contributed by atoms with Gasteiger partial charge < -0.3 is 66.8 Å². The molecule has 750 valence electrons. The molecule has 0 N–H and O–H groups in total. The highest BCUT2D eigenvalue weighted by Crippen LogP contribution is 2.46. The number of hydrogen-bond donors (Lipinski definition) is 0. The maximum absolute atomic E-state index is 13.4. The highest BCUT2D eigenvalue weighted by molar-refractivity contribution is 6.12. The molecule has 0 unspecified atom stereocenters. The zero-order chi connectivity index (χ0) is 99.6. The molecule has 145 heavy (non-hydrogen) atoms. The predicted molar refractivity (Wildman–Crippen MR) is 538 cm³/mol. The van der Waals surface area contributed by atoms with Crippen LogP contribution in [0.15, 0.2) is 171 Å². The maximum atomic E-state index is 13.4. The Kier molecular flexibility index (Phi) is 26.5. The van der Waals surface area contributed by atoms with Crippen molar-refractivity contribution in [3.63, 3.8) is 0 Å². The number of amides is 6. The van der Waals surface area contributed by atoms with Gasteiger partial charge in [-0.2, -0.15) is 38.7 Å². The van der Waals surface area contributed by atoms with Crippen LogP contribution in [0.25, 0.3) is 78.8 Å². The van der Waals surface area contributed by atoms with Crippen molar-refractivity contribution in [2.45, 2.75) is 187 Å². The van der Waals surface area contributed by atoms with Crippen LogP contribution in [0.3, 0.4) is 0 Å². The molecule has 11 aliphatic heterocycles. The van der Waals surface area contributed by atoms with Crippen molar-refractivity contribution in [3.8, 4) is 73.3 Å². The van der Waals surface area contributed by atoms with Crippen LogP contribution in [-0.2, 0) is 116 Å². The number of alkyl halides is 3. The zero-order valence-electron chi connectivity index (χ0n) is 82.5. The largest absolute Gasteiger partial charge is 0.497 e. The summed E-state index contributed by atoms with van der Waals surface area (Å²) >= 11 is 0. The van der Waals surface area contributed by atoms with Crippen LogP contribution in [0.2, 0.25) is 0 Å². The number of nitrogens with zero attached hydrogens (tertiary/aromatic N) is 21. The minimum atomic E-state index is -4.43. The molecule has 25 rings (SSSR count). The molecule has 35 heteroatoms. The average molecular weight is 1970 g/mol. The molecule has 5 saturated heterocycles. The molecule has 20 heterocycles. The molecule has 0 saturated carbocycles. The summed E-state index contributed by atoms with van der Waals surface area (Å²) in [5, 5.41) is 24.9. The van der Waals surface area contributed by atoms with E-state index in [1.165, 1.54) is 41.7 Å². The molecule has 5 fully saturated rings. The van der Waals surface area contributed by atoms with E-state index >= 15 is 0 Å². The van der Waals surface area contributed by atoms with E-state index in [0.717, 1.165) is 260 Å². The number of halogens is 3. The number of hydrogen-bond acceptors (Lipinski definition) is 19. The van der Waals surface area contributed by atoms with Crippen molar-refractivity contribution >= 4 is 63.8 Å². The number of imidazole rings is 2. The van der Waals surface area contributed by atoms with Gasteiger partial charge in [0.05, 0.1) is 84.6 Å². The van der Waals surface area contributed by atoms with Gasteiger partial charge in [0.25, 0.3) is 11.8 Å². The van der Waals surface area contributed by atoms with Gasteiger partial charge >= 0.3 is 6.18 Å². The number of benzene rings is 5. The van der Waals surface area contributed by atoms with E-state index in [1.807, 2.05) is 104 Å². The molecule has 32 nitrogen and oxygen atoms in total. The Bertz CT molecular complexity index is 7280. The van der Waals surface area contributed by atoms with Crippen molar-refractivity contribution in [1.29, 1.82) is 0 Å². The standard InChI is InChI=1S/C30H34N6O2.C28H30N4O4.C27H26F3N5O2.C25H28N6O3/c1-21(37)34-16-10-28-26(19-34)29(32-36(28)24-11-17-38-18-12-24)25-5-4-15-35-20-27(31-30(25)35)22-6-8-23(9-7-22)33-13-2-3-14-33;1-18(33)30-13-10-26-25(16-30)27(29-32(26)20-11-14-36-15-12-20)22-4-3-5-23-24(22)17-31(28(23)34)19-6-8-21(35-2)9-7-19;1-17(36)33-11-7-24-22(15-33)25(32-35(24)20-8-12-37-13-9-20)21-6-3-10-34-16-23(31-26(21)34)18-4-2-5-19(14-18)27(28,29)30;1-16(32)29-9-6-23-22(14-29)24(27-31(23)17-7-10-34-11-8-17)19-4-3-5-20-21(19)15-30(25(20)33)18-12-26-28(2)13-18/h4-9,15,20,24H,2-3,10-14,16-19H2,1H3;3-9,20H,10-17H2,1-2H3;2-6,10,14,16,20H,7-9,11-13,15H2,1H3;3-5,12-13,17H,6-11,14-15H2,1-2H3. The number of aromatic nitrogens is 14. The molecule has 0 radical (unpaired) electrons. The van der Waals surface area contributed by atoms with E-state index in [9.17, 15) is 41.9 Å². The van der Waals surface area contributed by atoms with E-state index in [-0.39, 0.29) is 41.5 Å². The molecule has 14 aromatic rings. The second-order valence-electron chi connectivity index (χ2n) is 39.4. The average Bonchev–Trinajstić information content (AvgIpc) is 1.62. The first kappa shape index (κ1) is 95.4. The Labute approximate surface area is 837 Å². The quantitative estimate of drug-likeness (QED) is 0.0977. The van der Waals surface area contributed by atoms with Gasteiger partial charge in [-0.25, -0.2) is 9.97 Å². The molecule has 0 atom stereocenters. The topological polar surface area (TPSA) is 295 Å². The minimum absolute atomic E-state index is 0.0138. The number of ether oxygens (including phenoxy) is 5. The van der Waals surface area contributed by atoms with E-state index < -0.39 is 11.7 Å². The van der Waals surface area contributed by atoms with Crippen molar-refractivity contribution in [2.75, 3.05) is 114 Å². The molecule has 5 aromatic carbocycles. The van der Waals surface area contributed by atoms with Gasteiger partial charge in [0.15, 0.2) is 0 Å². The van der Waals surface area contributed by atoms with Crippen LogP contribution in [0.5, 0.6) is 5.75 Å². The summed E-state index contributed by atoms with van der Waals surface area (Å²) in [6.45, 7) is 20.5. The number of fused-ring (bicyclic) bond motifs is 8. The van der Waals surface area contributed by atoms with Crippen LogP contribution in [0, 0.1) is 0 Å². The van der Waals surface area contributed by atoms with E-state index in [0.29, 0.717) is 125 Å². The third-order valence-corrected chi connectivity index (χ3v) is 30.7. The number of carbonyl (C=O) groups is 6. The number of aryl methyl sites for hydroxylation is 1. The molecule has 0 spiro atoms. The van der Waals surface area contributed by atoms with Crippen molar-refractivity contribution in [1.82, 2.24) is 87.3 Å². The van der Waals surface area contributed by atoms with Gasteiger partial charge in [0, 0.05) is 311 Å². The van der Waals surface area contributed by atoms with Crippen molar-refractivity contribution in [2.24, 2.45) is 7.05 Å². The Balaban J connectivity index is 0.000000110. The Morgan fingerprint density at radius 1 is 0.386 bits per heavy atom. The summed E-state index contributed by atoms with van der Waals surface area (Å²) in [4.78, 5) is 99.1. The highest BCUT2D eigenvalue weighted by atomic mass is 19.4. The first-order valence-corrected chi connectivity index (χ1v) is 50.7. The Morgan fingerprint density at radius 3 is 1.12 bits per heavy atom. The maximum Gasteiger partial charge on any atom is 0.416 e. The molecule has 9 aromatic heterocycles. The smallest absolute Gasteiger partial charge is 0.416 e. The van der Waals surface area contributed by atoms with Crippen LogP contribution in [0.4, 0.5) is 30.2 Å². The fourth-order valence-corrected chi connectivity index (χ4v) is 22.8. The van der Waals surface area contributed by atoms with E-state index in [1.54, 1.807) is 67.7 Å². The fraction of sp³-hybridized carbons (Fsp3) is 0.409. The summed E-state index contributed by atoms with van der Waals surface area (Å²) in [6.07, 6.45) is 19.9. The number of anilines is 3. The van der Waals surface area contributed by atoms with Crippen LogP contribution in [0.1, 0.15) is 199 Å². The molecule has 6 amide bonds. The molecule has 0 aliphatic carbocycles. The van der Waals surface area contributed by atoms with Gasteiger partial charge in [-0.1, -0.05) is 48.5 Å². The minimum Gasteiger partial charge on any atom is -0.497 e. The third-order valence-electron chi connectivity index (χ3n) is 30.7. The summed E-state index contributed by atoms with van der Waals surface area (Å²) < 4.78 is 82.0. The second kappa shape index (κ2) is 40.3. The van der Waals surface area contributed by atoms with Crippen LogP contribution < -0.4 is 19.4 Å². The first-order valence-electron chi connectivity index (χ1n) is 50.7. The van der Waals surface area contributed by atoms with Gasteiger partial charge in [0.1, 0.15) is 28.4 Å². The van der Waals surface area contributed by atoms with Crippen molar-refractivity contribution in [3.05, 3.63) is 243 Å². The Morgan fingerprint density at radius 2 is 0.745 bits per heavy atom. The lowest BCUT2D eigenvalue weighted by Gasteiger charge is -2.29. The molecular formula is C110H118F3N21O11. The highest BCUT2D eigenvalue weighted by Gasteiger charge is 2.42. The number of rotatable bonds is 14. The van der Waals surface area contributed by atoms with Crippen LogP contribution in [-0.4, -0.2) is 222 Å². The van der Waals surface area contributed by atoms with E-state index in [4.69, 9.17) is 54.0 Å². The Hall–Kier alpha value is -14.4. The van der Waals surface area contributed by atoms with Gasteiger partial charge in [-0.05, 0) is 160 Å². The van der Waals surface area contributed by atoms with Gasteiger partial charge in [-0.15, -0.1) is 0 Å². The summed E-state index contributed by atoms with van der Waals surface area (Å²) in [5.74, 6) is 0.994. The second-order valence-corrected chi connectivity index (χ2v) is 39.4. The predicted octanol–water partition coefficient (Wildman–Crippen LogP) is 16.5. The number of pyridine rings is 2. The summed E-state index contributed by atoms with van der Waals surface area (Å²) in [5.41, 5.74) is 26.4. The molecule has 0 bridgehead atoms. The fourth-order valence-electron chi connectivity index (χ4n) is 22.8. The first-order chi connectivity index (χ1) is 70.5. The lowest BCUT2D eigenvalue weighted by Crippen LogP contribution is -2.35. The normalized spacial score (nSPS) is 17.8. The summed E-state index contributed by atoms with van der Waals surface area (Å²) in [6, 6.07) is 42.5. The lowest BCUT2D eigenvalue weighted by molar-refractivity contribution is -0.137. The number of carbonyl (C=O) groups excluding carboxylic acids is 6. The van der Waals surface area contributed by atoms with Gasteiger partial charge in [0.2, 0.25) is 23.6 Å². The summed E-state index contributed by atoms with van der Waals surface area (Å²) in [7, 11) is 3.48.